The number of benzene rings is 1. The van der Waals surface area contributed by atoms with E-state index in [0.717, 1.165) is 23.1 Å². The van der Waals surface area contributed by atoms with E-state index >= 15 is 0 Å². The summed E-state index contributed by atoms with van der Waals surface area (Å²) in [6, 6.07) is 7.15. The van der Waals surface area contributed by atoms with Crippen LogP contribution < -0.4 is 4.90 Å². The van der Waals surface area contributed by atoms with E-state index in [4.69, 9.17) is 0 Å². The third kappa shape index (κ3) is 1.99. The fraction of sp³-hybridized carbons (Fsp3) is 0.400. The highest BCUT2D eigenvalue weighted by Gasteiger charge is 2.38. The first-order valence-corrected chi connectivity index (χ1v) is 6.81. The second-order valence-electron chi connectivity index (χ2n) is 5.36. The Morgan fingerprint density at radius 1 is 1.30 bits per heavy atom. The van der Waals surface area contributed by atoms with Crippen LogP contribution >= 0.6 is 0 Å². The van der Waals surface area contributed by atoms with Gasteiger partial charge in [0.25, 0.3) is 0 Å². The quantitative estimate of drug-likeness (QED) is 0.907. The van der Waals surface area contributed by atoms with Gasteiger partial charge in [-0.3, -0.25) is 0 Å². The molecule has 2 aromatic rings. The molecular weight excluding hydrogens is 254 g/mol. The molecule has 2 unspecified atom stereocenters. The van der Waals surface area contributed by atoms with E-state index in [1.54, 1.807) is 0 Å². The summed E-state index contributed by atoms with van der Waals surface area (Å²) >= 11 is 0. The van der Waals surface area contributed by atoms with Crippen LogP contribution in [0.25, 0.3) is 11.0 Å². The van der Waals surface area contributed by atoms with E-state index in [9.17, 15) is 9.90 Å². The average molecular weight is 271 g/mol. The van der Waals surface area contributed by atoms with Gasteiger partial charge >= 0.3 is 5.97 Å². The van der Waals surface area contributed by atoms with E-state index in [-0.39, 0.29) is 5.92 Å². The summed E-state index contributed by atoms with van der Waals surface area (Å²) in [4.78, 5) is 22.5. The van der Waals surface area contributed by atoms with Crippen LogP contribution in [0.2, 0.25) is 0 Å². The molecule has 1 N–H and O–H groups in total. The van der Waals surface area contributed by atoms with Crippen LogP contribution in [0.4, 0.5) is 5.82 Å². The SMILES string of the molecule is Cc1nc2ccccc2nc1N1CCC(C)C1C(=O)O. The molecule has 2 atom stereocenters. The number of aryl methyl sites for hydroxylation is 1. The molecule has 0 radical (unpaired) electrons. The van der Waals surface area contributed by atoms with Gasteiger partial charge in [0.1, 0.15) is 6.04 Å². The van der Waals surface area contributed by atoms with E-state index in [1.807, 2.05) is 43.0 Å². The maximum atomic E-state index is 11.5. The van der Waals surface area contributed by atoms with Crippen LogP contribution in [-0.2, 0) is 4.79 Å². The number of aromatic nitrogens is 2. The van der Waals surface area contributed by atoms with E-state index in [0.29, 0.717) is 12.4 Å². The van der Waals surface area contributed by atoms with Gasteiger partial charge in [0.2, 0.25) is 0 Å². The number of para-hydroxylation sites is 2. The molecule has 1 aliphatic rings. The third-order valence-corrected chi connectivity index (χ3v) is 3.95. The van der Waals surface area contributed by atoms with Crippen LogP contribution in [0.5, 0.6) is 0 Å². The number of hydrogen-bond acceptors (Lipinski definition) is 4. The van der Waals surface area contributed by atoms with Gasteiger partial charge in [0.05, 0.1) is 16.7 Å². The minimum absolute atomic E-state index is 0.125. The largest absolute Gasteiger partial charge is 0.480 e. The minimum Gasteiger partial charge on any atom is -0.480 e. The number of carboxylic acids is 1. The van der Waals surface area contributed by atoms with E-state index in [2.05, 4.69) is 9.97 Å². The molecule has 0 bridgehead atoms. The van der Waals surface area contributed by atoms with Gasteiger partial charge in [0.15, 0.2) is 5.82 Å². The number of anilines is 1. The summed E-state index contributed by atoms with van der Waals surface area (Å²) in [5, 5.41) is 9.43. The highest BCUT2D eigenvalue weighted by molar-refractivity contribution is 5.81. The molecule has 1 aliphatic heterocycles. The van der Waals surface area contributed by atoms with Crippen molar-refractivity contribution in [3.05, 3.63) is 30.0 Å². The van der Waals surface area contributed by atoms with Gasteiger partial charge in [-0.15, -0.1) is 0 Å². The standard InChI is InChI=1S/C15H17N3O2/c1-9-7-8-18(13(9)15(19)20)14-10(2)16-11-5-3-4-6-12(11)17-14/h3-6,9,13H,7-8H2,1-2H3,(H,19,20). The summed E-state index contributed by atoms with van der Waals surface area (Å²) in [5.41, 5.74) is 2.42. The van der Waals surface area contributed by atoms with Crippen molar-refractivity contribution in [2.75, 3.05) is 11.4 Å². The lowest BCUT2D eigenvalue weighted by Gasteiger charge is -2.25. The Morgan fingerprint density at radius 2 is 1.95 bits per heavy atom. The second-order valence-corrected chi connectivity index (χ2v) is 5.36. The van der Waals surface area contributed by atoms with Crippen molar-refractivity contribution < 1.29 is 9.90 Å². The smallest absolute Gasteiger partial charge is 0.326 e. The zero-order valence-electron chi connectivity index (χ0n) is 11.6. The zero-order valence-corrected chi connectivity index (χ0v) is 11.6. The number of carbonyl (C=O) groups is 1. The fourth-order valence-electron chi connectivity index (χ4n) is 2.91. The van der Waals surface area contributed by atoms with Crippen molar-refractivity contribution >= 4 is 22.8 Å². The van der Waals surface area contributed by atoms with Crippen molar-refractivity contribution in [3.8, 4) is 0 Å². The Kier molecular flexibility index (Phi) is 3.04. The van der Waals surface area contributed by atoms with Crippen molar-refractivity contribution in [2.24, 2.45) is 5.92 Å². The number of aliphatic carboxylic acids is 1. The number of carboxylic acid groups (broad SMARTS) is 1. The van der Waals surface area contributed by atoms with Crippen molar-refractivity contribution in [1.29, 1.82) is 0 Å². The van der Waals surface area contributed by atoms with Crippen LogP contribution in [0.1, 0.15) is 19.0 Å². The summed E-state index contributed by atoms with van der Waals surface area (Å²) in [5.74, 6) is 0.0324. The number of rotatable bonds is 2. The van der Waals surface area contributed by atoms with Crippen LogP contribution in [0.3, 0.4) is 0 Å². The molecule has 0 saturated carbocycles. The lowest BCUT2D eigenvalue weighted by Crippen LogP contribution is -2.40. The molecule has 1 aromatic heterocycles. The average Bonchev–Trinajstić information content (AvgIpc) is 2.79. The molecule has 0 spiro atoms. The molecule has 0 amide bonds. The van der Waals surface area contributed by atoms with Crippen molar-refractivity contribution in [3.63, 3.8) is 0 Å². The topological polar surface area (TPSA) is 66.3 Å². The molecule has 2 heterocycles. The highest BCUT2D eigenvalue weighted by Crippen LogP contribution is 2.31. The molecule has 3 rings (SSSR count). The van der Waals surface area contributed by atoms with Gasteiger partial charge in [0, 0.05) is 6.54 Å². The van der Waals surface area contributed by atoms with Crippen LogP contribution in [0.15, 0.2) is 24.3 Å². The third-order valence-electron chi connectivity index (χ3n) is 3.95. The molecule has 5 nitrogen and oxygen atoms in total. The van der Waals surface area contributed by atoms with E-state index in [1.165, 1.54) is 0 Å². The lowest BCUT2D eigenvalue weighted by atomic mass is 10.0. The predicted octanol–water partition coefficient (Wildman–Crippen LogP) is 2.24. The van der Waals surface area contributed by atoms with Crippen molar-refractivity contribution in [2.45, 2.75) is 26.3 Å². The first kappa shape index (κ1) is 12.8. The van der Waals surface area contributed by atoms with Gasteiger partial charge in [-0.2, -0.15) is 0 Å². The maximum absolute atomic E-state index is 11.5. The molecule has 0 aliphatic carbocycles. The normalized spacial score (nSPS) is 22.4. The molecule has 104 valence electrons. The monoisotopic (exact) mass is 271 g/mol. The summed E-state index contributed by atoms with van der Waals surface area (Å²) in [7, 11) is 0. The van der Waals surface area contributed by atoms with Crippen LogP contribution in [-0.4, -0.2) is 33.6 Å². The van der Waals surface area contributed by atoms with E-state index < -0.39 is 12.0 Å². The fourth-order valence-corrected chi connectivity index (χ4v) is 2.91. The predicted molar refractivity (Wildman–Crippen MR) is 76.8 cm³/mol. The molecule has 1 aromatic carbocycles. The molecule has 1 fully saturated rings. The van der Waals surface area contributed by atoms with Gasteiger partial charge in [-0.05, 0) is 31.4 Å². The first-order valence-electron chi connectivity index (χ1n) is 6.81. The van der Waals surface area contributed by atoms with Gasteiger partial charge in [-0.25, -0.2) is 14.8 Å². The Hall–Kier alpha value is -2.17. The van der Waals surface area contributed by atoms with Gasteiger partial charge < -0.3 is 10.0 Å². The Balaban J connectivity index is 2.09. The van der Waals surface area contributed by atoms with Gasteiger partial charge in [-0.1, -0.05) is 19.1 Å². The van der Waals surface area contributed by atoms with Crippen LogP contribution in [0, 0.1) is 12.8 Å². The highest BCUT2D eigenvalue weighted by atomic mass is 16.4. The summed E-state index contributed by atoms with van der Waals surface area (Å²) in [6.07, 6.45) is 0.866. The second kappa shape index (κ2) is 4.74. The number of fused-ring (bicyclic) bond motifs is 1. The molecule has 20 heavy (non-hydrogen) atoms. The minimum atomic E-state index is -0.788. The Morgan fingerprint density at radius 3 is 2.60 bits per heavy atom. The molecule has 1 saturated heterocycles. The molecular formula is C15H17N3O2. The Labute approximate surface area is 117 Å². The maximum Gasteiger partial charge on any atom is 0.326 e. The zero-order chi connectivity index (χ0) is 14.3. The summed E-state index contributed by atoms with van der Waals surface area (Å²) in [6.45, 7) is 4.57. The summed E-state index contributed by atoms with van der Waals surface area (Å²) < 4.78 is 0. The first-order chi connectivity index (χ1) is 9.58. The Bertz CT molecular complexity index is 671. The molecule has 5 heteroatoms. The number of hydrogen-bond donors (Lipinski definition) is 1. The number of nitrogens with zero attached hydrogens (tertiary/aromatic N) is 3. The van der Waals surface area contributed by atoms with Crippen molar-refractivity contribution in [1.82, 2.24) is 9.97 Å². The lowest BCUT2D eigenvalue weighted by molar-refractivity contribution is -0.139.